The van der Waals surface area contributed by atoms with Crippen molar-refractivity contribution in [3.63, 3.8) is 0 Å². The quantitative estimate of drug-likeness (QED) is 0.681. The van der Waals surface area contributed by atoms with Gasteiger partial charge in [0.1, 0.15) is 11.6 Å². The molecule has 156 valence electrons. The van der Waals surface area contributed by atoms with Crippen LogP contribution in [-0.4, -0.2) is 41.6 Å². The summed E-state index contributed by atoms with van der Waals surface area (Å²) >= 11 is 0.818. The Morgan fingerprint density at radius 3 is 2.63 bits per heavy atom. The van der Waals surface area contributed by atoms with Crippen molar-refractivity contribution in [1.29, 1.82) is 0 Å². The van der Waals surface area contributed by atoms with E-state index in [1.54, 1.807) is 6.08 Å². The van der Waals surface area contributed by atoms with E-state index in [-0.39, 0.29) is 36.3 Å². The fourth-order valence-corrected chi connectivity index (χ4v) is 3.63. The Labute approximate surface area is 178 Å². The molecule has 3 amide bonds. The van der Waals surface area contributed by atoms with E-state index < -0.39 is 11.1 Å². The number of hydrogen-bond donors (Lipinski definition) is 1. The van der Waals surface area contributed by atoms with Crippen molar-refractivity contribution >= 4 is 34.9 Å². The van der Waals surface area contributed by atoms with Crippen LogP contribution in [0.2, 0.25) is 0 Å². The monoisotopic (exact) mass is 428 g/mol. The summed E-state index contributed by atoms with van der Waals surface area (Å²) in [6, 6.07) is 11.4. The smallest absolute Gasteiger partial charge is 0.293 e. The third-order valence-electron chi connectivity index (χ3n) is 4.40. The molecule has 2 aromatic rings. The highest BCUT2D eigenvalue weighted by Gasteiger charge is 2.34. The van der Waals surface area contributed by atoms with Gasteiger partial charge in [0.25, 0.3) is 17.1 Å². The molecule has 1 N–H and O–H groups in total. The average molecular weight is 428 g/mol. The molecule has 0 unspecified atom stereocenters. The van der Waals surface area contributed by atoms with E-state index in [1.165, 1.54) is 24.3 Å². The molecule has 6 nitrogen and oxygen atoms in total. The van der Waals surface area contributed by atoms with Crippen molar-refractivity contribution in [3.8, 4) is 5.75 Å². The maximum absolute atomic E-state index is 13.0. The number of imide groups is 1. The van der Waals surface area contributed by atoms with Gasteiger partial charge in [0.15, 0.2) is 6.61 Å². The van der Waals surface area contributed by atoms with Gasteiger partial charge in [-0.1, -0.05) is 24.3 Å². The highest BCUT2D eigenvalue weighted by molar-refractivity contribution is 8.18. The number of hydrogen-bond acceptors (Lipinski definition) is 5. The number of aryl methyl sites for hydroxylation is 2. The van der Waals surface area contributed by atoms with Crippen molar-refractivity contribution in [2.24, 2.45) is 0 Å². The normalized spacial score (nSPS) is 15.0. The number of nitrogens with zero attached hydrogens (tertiary/aromatic N) is 1. The lowest BCUT2D eigenvalue weighted by Crippen LogP contribution is -2.38. The second kappa shape index (κ2) is 9.58. The predicted molar refractivity (Wildman–Crippen MR) is 113 cm³/mol. The SMILES string of the molecule is Cc1ccc(C)c(OCC(=O)NCCN2C(=O)SC(=Cc3ccc(F)cc3)C2=O)c1. The van der Waals surface area contributed by atoms with Gasteiger partial charge in [-0.3, -0.25) is 19.3 Å². The summed E-state index contributed by atoms with van der Waals surface area (Å²) in [6.45, 7) is 3.85. The number of thioether (sulfide) groups is 1. The first-order chi connectivity index (χ1) is 14.3. The third kappa shape index (κ3) is 5.48. The number of benzene rings is 2. The van der Waals surface area contributed by atoms with Gasteiger partial charge < -0.3 is 10.1 Å². The van der Waals surface area contributed by atoms with Crippen LogP contribution in [-0.2, 0) is 9.59 Å². The molecule has 3 rings (SSSR count). The minimum absolute atomic E-state index is 0.0562. The molecular formula is C22H21FN2O4S. The standard InChI is InChI=1S/C22H21FN2O4S/c1-14-3-4-15(2)18(11-14)29-13-20(26)24-9-10-25-21(27)19(30-22(25)28)12-16-5-7-17(23)8-6-16/h3-8,11-12H,9-10,13H2,1-2H3,(H,24,26). The van der Waals surface area contributed by atoms with Crippen LogP contribution in [0.15, 0.2) is 47.4 Å². The van der Waals surface area contributed by atoms with Crippen LogP contribution >= 0.6 is 11.8 Å². The summed E-state index contributed by atoms with van der Waals surface area (Å²) in [5, 5.41) is 2.24. The van der Waals surface area contributed by atoms with E-state index >= 15 is 0 Å². The van der Waals surface area contributed by atoms with Crippen molar-refractivity contribution in [3.05, 3.63) is 69.9 Å². The first kappa shape index (κ1) is 21.6. The molecule has 1 fully saturated rings. The summed E-state index contributed by atoms with van der Waals surface area (Å²) in [5.74, 6) is -0.514. The summed E-state index contributed by atoms with van der Waals surface area (Å²) in [5.41, 5.74) is 2.59. The van der Waals surface area contributed by atoms with Crippen LogP contribution in [0.3, 0.4) is 0 Å². The van der Waals surface area contributed by atoms with E-state index in [1.807, 2.05) is 32.0 Å². The Morgan fingerprint density at radius 1 is 1.17 bits per heavy atom. The van der Waals surface area contributed by atoms with Gasteiger partial charge in [-0.2, -0.15) is 0 Å². The van der Waals surface area contributed by atoms with Crippen LogP contribution in [0.5, 0.6) is 5.75 Å². The Balaban J connectivity index is 1.49. The Bertz CT molecular complexity index is 1000. The van der Waals surface area contributed by atoms with E-state index in [9.17, 15) is 18.8 Å². The number of rotatable bonds is 7. The molecule has 0 spiro atoms. The summed E-state index contributed by atoms with van der Waals surface area (Å²) < 4.78 is 18.5. The van der Waals surface area contributed by atoms with E-state index in [0.717, 1.165) is 27.8 Å². The molecule has 1 aliphatic rings. The summed E-state index contributed by atoms with van der Waals surface area (Å²) in [6.07, 6.45) is 1.54. The number of amides is 3. The highest BCUT2D eigenvalue weighted by Crippen LogP contribution is 2.31. The molecule has 1 heterocycles. The average Bonchev–Trinajstić information content (AvgIpc) is 2.97. The largest absolute Gasteiger partial charge is 0.483 e. The Kier molecular flexibility index (Phi) is 6.89. The number of ether oxygens (including phenoxy) is 1. The number of carbonyl (C=O) groups is 3. The first-order valence-corrected chi connectivity index (χ1v) is 10.1. The topological polar surface area (TPSA) is 75.7 Å². The lowest BCUT2D eigenvalue weighted by molar-refractivity contribution is -0.125. The van der Waals surface area contributed by atoms with Crippen LogP contribution < -0.4 is 10.1 Å². The molecule has 0 aliphatic carbocycles. The second-order valence-corrected chi connectivity index (χ2v) is 7.79. The van der Waals surface area contributed by atoms with Gasteiger partial charge in [0.2, 0.25) is 0 Å². The van der Waals surface area contributed by atoms with Gasteiger partial charge in [-0.15, -0.1) is 0 Å². The molecule has 0 radical (unpaired) electrons. The molecule has 0 bridgehead atoms. The molecule has 1 aliphatic heterocycles. The van der Waals surface area contributed by atoms with Crippen molar-refractivity contribution in [2.45, 2.75) is 13.8 Å². The minimum Gasteiger partial charge on any atom is -0.483 e. The highest BCUT2D eigenvalue weighted by atomic mass is 32.2. The summed E-state index contributed by atoms with van der Waals surface area (Å²) in [7, 11) is 0. The molecule has 0 aromatic heterocycles. The van der Waals surface area contributed by atoms with Gasteiger partial charge in [0, 0.05) is 13.1 Å². The van der Waals surface area contributed by atoms with Crippen molar-refractivity contribution in [2.75, 3.05) is 19.7 Å². The molecule has 30 heavy (non-hydrogen) atoms. The molecule has 2 aromatic carbocycles. The zero-order valence-corrected chi connectivity index (χ0v) is 17.4. The lowest BCUT2D eigenvalue weighted by atomic mass is 10.1. The van der Waals surface area contributed by atoms with Gasteiger partial charge >= 0.3 is 0 Å². The molecular weight excluding hydrogens is 407 g/mol. The van der Waals surface area contributed by atoms with Gasteiger partial charge in [0.05, 0.1) is 4.91 Å². The number of nitrogens with one attached hydrogen (secondary N) is 1. The lowest BCUT2D eigenvalue weighted by Gasteiger charge is -2.14. The van der Waals surface area contributed by atoms with Crippen LogP contribution in [0.1, 0.15) is 16.7 Å². The maximum Gasteiger partial charge on any atom is 0.293 e. The van der Waals surface area contributed by atoms with Crippen molar-refractivity contribution in [1.82, 2.24) is 10.2 Å². The molecule has 1 saturated heterocycles. The number of carbonyl (C=O) groups excluding carboxylic acids is 3. The zero-order chi connectivity index (χ0) is 21.7. The van der Waals surface area contributed by atoms with E-state index in [0.29, 0.717) is 11.3 Å². The third-order valence-corrected chi connectivity index (χ3v) is 5.31. The Hall–Kier alpha value is -3.13. The Morgan fingerprint density at radius 2 is 1.90 bits per heavy atom. The second-order valence-electron chi connectivity index (χ2n) is 6.79. The van der Waals surface area contributed by atoms with Crippen LogP contribution in [0, 0.1) is 19.7 Å². The fraction of sp³-hybridized carbons (Fsp3) is 0.227. The molecule has 0 saturated carbocycles. The van der Waals surface area contributed by atoms with Gasteiger partial charge in [-0.05, 0) is 66.6 Å². The molecule has 8 heteroatoms. The minimum atomic E-state index is -0.435. The summed E-state index contributed by atoms with van der Waals surface area (Å²) in [4.78, 5) is 37.9. The van der Waals surface area contributed by atoms with Crippen molar-refractivity contribution < 1.29 is 23.5 Å². The zero-order valence-electron chi connectivity index (χ0n) is 16.6. The number of halogens is 1. The van der Waals surface area contributed by atoms with E-state index in [4.69, 9.17) is 4.74 Å². The maximum atomic E-state index is 13.0. The predicted octanol–water partition coefficient (Wildman–Crippen LogP) is 3.67. The van der Waals surface area contributed by atoms with Crippen LogP contribution in [0.25, 0.3) is 6.08 Å². The molecule has 0 atom stereocenters. The first-order valence-electron chi connectivity index (χ1n) is 9.31. The fourth-order valence-electron chi connectivity index (χ4n) is 2.77. The van der Waals surface area contributed by atoms with Crippen LogP contribution in [0.4, 0.5) is 9.18 Å². The van der Waals surface area contributed by atoms with E-state index in [2.05, 4.69) is 5.32 Å². The van der Waals surface area contributed by atoms with Gasteiger partial charge in [-0.25, -0.2) is 4.39 Å².